The van der Waals surface area contributed by atoms with Crippen LogP contribution in [0.5, 0.6) is 0 Å². The minimum Gasteiger partial charge on any atom is -1.00 e. The number of allylic oxidation sites excluding steroid dienone is 8. The van der Waals surface area contributed by atoms with Crippen LogP contribution in [0.25, 0.3) is 0 Å². The van der Waals surface area contributed by atoms with Crippen molar-refractivity contribution in [1.82, 2.24) is 0 Å². The molecule has 0 spiro atoms. The zero-order valence-corrected chi connectivity index (χ0v) is 13.5. The van der Waals surface area contributed by atoms with Crippen LogP contribution in [-0.4, -0.2) is 0 Å². The van der Waals surface area contributed by atoms with Gasteiger partial charge in [-0.25, -0.2) is 0 Å². The molecular formula is C12H13Cl3Zr. The molecule has 0 saturated heterocycles. The summed E-state index contributed by atoms with van der Waals surface area (Å²) in [5.41, 5.74) is 2.90. The molecule has 0 aliphatic heterocycles. The number of hydrogen-bond donors (Lipinski definition) is 0. The zero-order valence-electron chi connectivity index (χ0n) is 8.80. The van der Waals surface area contributed by atoms with Crippen molar-refractivity contribution in [2.75, 3.05) is 0 Å². The summed E-state index contributed by atoms with van der Waals surface area (Å²) in [6.07, 6.45) is 15.2. The minimum atomic E-state index is 0. The molecule has 0 N–H and O–H groups in total. The summed E-state index contributed by atoms with van der Waals surface area (Å²) in [5.74, 6) is 0.398. The predicted molar refractivity (Wildman–Crippen MR) is 52.5 cm³/mol. The Bertz CT molecular complexity index is 273. The van der Waals surface area contributed by atoms with Crippen LogP contribution < -0.4 is 37.2 Å². The fourth-order valence-electron chi connectivity index (χ4n) is 1.68. The number of hydrogen-bond acceptors (Lipinski definition) is 0. The first-order chi connectivity index (χ1) is 5.88. The van der Waals surface area contributed by atoms with E-state index in [-0.39, 0.29) is 63.4 Å². The van der Waals surface area contributed by atoms with Crippen molar-refractivity contribution in [3.05, 3.63) is 54.5 Å². The summed E-state index contributed by atoms with van der Waals surface area (Å²) in [6.45, 7) is 4.19. The first-order valence-electron chi connectivity index (χ1n) is 4.42. The Morgan fingerprint density at radius 3 is 1.50 bits per heavy atom. The Labute approximate surface area is 136 Å². The van der Waals surface area contributed by atoms with Gasteiger partial charge >= 0.3 is 26.2 Å². The number of halogens is 3. The molecule has 2 aliphatic carbocycles. The van der Waals surface area contributed by atoms with Crippen molar-refractivity contribution in [2.24, 2.45) is 5.92 Å². The molecule has 2 aliphatic rings. The maximum atomic E-state index is 4.19. The maximum absolute atomic E-state index is 4.19. The molecule has 2 rings (SSSR count). The smallest absolute Gasteiger partial charge is 1.00 e. The third-order valence-corrected chi connectivity index (χ3v) is 2.50. The van der Waals surface area contributed by atoms with Gasteiger partial charge in [0.2, 0.25) is 0 Å². The van der Waals surface area contributed by atoms with Crippen LogP contribution >= 0.6 is 0 Å². The summed E-state index contributed by atoms with van der Waals surface area (Å²) in [6, 6.07) is 0. The van der Waals surface area contributed by atoms with Gasteiger partial charge in [-0.15, -0.1) is 5.92 Å². The van der Waals surface area contributed by atoms with Gasteiger partial charge in [0.1, 0.15) is 0 Å². The first-order valence-corrected chi connectivity index (χ1v) is 4.42. The van der Waals surface area contributed by atoms with Crippen LogP contribution in [0.4, 0.5) is 0 Å². The molecule has 0 unspecified atom stereocenters. The van der Waals surface area contributed by atoms with E-state index in [1.165, 1.54) is 11.1 Å². The van der Waals surface area contributed by atoms with Gasteiger partial charge in [-0.1, -0.05) is 47.6 Å². The predicted octanol–water partition coefficient (Wildman–Crippen LogP) is -5.78. The van der Waals surface area contributed by atoms with Crippen LogP contribution in [0.3, 0.4) is 0 Å². The maximum Gasteiger partial charge on any atom is 4.00 e. The van der Waals surface area contributed by atoms with Crippen LogP contribution in [0.1, 0.15) is 12.8 Å². The topological polar surface area (TPSA) is 0 Å². The molecule has 0 aromatic rings. The third-order valence-electron chi connectivity index (χ3n) is 2.50. The van der Waals surface area contributed by atoms with E-state index in [0.29, 0.717) is 5.92 Å². The Kier molecular flexibility index (Phi) is 14.9. The normalized spacial score (nSPS) is 15.4. The van der Waals surface area contributed by atoms with Crippen LogP contribution in [0, 0.1) is 12.8 Å². The summed E-state index contributed by atoms with van der Waals surface area (Å²) in [7, 11) is 0. The second-order valence-corrected chi connectivity index (χ2v) is 3.30. The van der Waals surface area contributed by atoms with Gasteiger partial charge in [0.25, 0.3) is 0 Å². The molecule has 0 amide bonds. The van der Waals surface area contributed by atoms with Gasteiger partial charge in [-0.05, 0) is 12.8 Å². The third kappa shape index (κ3) is 5.36. The molecule has 86 valence electrons. The number of rotatable bonds is 2. The minimum absolute atomic E-state index is 0. The molecule has 4 heteroatoms. The fraction of sp³-hybridized carbons (Fsp3) is 0.250. The van der Waals surface area contributed by atoms with Gasteiger partial charge < -0.3 is 44.1 Å². The van der Waals surface area contributed by atoms with E-state index in [0.717, 1.165) is 12.8 Å². The van der Waals surface area contributed by atoms with Crippen LogP contribution in [0.2, 0.25) is 0 Å². The van der Waals surface area contributed by atoms with Gasteiger partial charge in [-0.3, -0.25) is 0 Å². The Hall–Kier alpha value is 0.713. The SMILES string of the molecule is [CH2-]C(C1=CC=CC1)C1=CC=CC1.[Cl-].[Cl-].[Cl-].[Zr+4]. The van der Waals surface area contributed by atoms with E-state index in [9.17, 15) is 0 Å². The van der Waals surface area contributed by atoms with Gasteiger partial charge in [0, 0.05) is 0 Å². The van der Waals surface area contributed by atoms with E-state index in [1.54, 1.807) is 0 Å². The molecule has 0 heterocycles. The van der Waals surface area contributed by atoms with Crippen molar-refractivity contribution in [3.8, 4) is 0 Å². The van der Waals surface area contributed by atoms with Crippen molar-refractivity contribution in [3.63, 3.8) is 0 Å². The van der Waals surface area contributed by atoms with Gasteiger partial charge in [0.15, 0.2) is 0 Å². The first kappa shape index (κ1) is 21.9. The van der Waals surface area contributed by atoms with E-state index in [2.05, 4.69) is 43.4 Å². The van der Waals surface area contributed by atoms with Crippen LogP contribution in [-0.2, 0) is 26.2 Å². The van der Waals surface area contributed by atoms with Crippen molar-refractivity contribution >= 4 is 0 Å². The monoisotopic (exact) mass is 352 g/mol. The molecule has 16 heavy (non-hydrogen) atoms. The molecule has 0 radical (unpaired) electrons. The quantitative estimate of drug-likeness (QED) is 0.434. The summed E-state index contributed by atoms with van der Waals surface area (Å²) < 4.78 is 0. The largest absolute Gasteiger partial charge is 4.00 e. The molecule has 0 fully saturated rings. The van der Waals surface area contributed by atoms with E-state index < -0.39 is 0 Å². The Morgan fingerprint density at radius 2 is 1.25 bits per heavy atom. The van der Waals surface area contributed by atoms with E-state index in [1.807, 2.05) is 0 Å². The summed E-state index contributed by atoms with van der Waals surface area (Å²) >= 11 is 0. The molecule has 0 saturated carbocycles. The van der Waals surface area contributed by atoms with Crippen molar-refractivity contribution < 1.29 is 63.4 Å². The fourth-order valence-corrected chi connectivity index (χ4v) is 1.68. The second kappa shape index (κ2) is 10.8. The standard InChI is InChI=1S/C12H13.3ClH.Zr/c1-10(11-6-2-3-7-11)12-8-4-5-9-12;;;;/h2-6,8,10H,1,7,9H2;3*1H;/q-1;;;;+4/p-3. The molecule has 0 bridgehead atoms. The Morgan fingerprint density at radius 1 is 0.875 bits per heavy atom. The molecule has 0 nitrogen and oxygen atoms in total. The summed E-state index contributed by atoms with van der Waals surface area (Å²) in [5, 5.41) is 0. The second-order valence-electron chi connectivity index (χ2n) is 3.30. The van der Waals surface area contributed by atoms with Crippen LogP contribution in [0.15, 0.2) is 47.6 Å². The summed E-state index contributed by atoms with van der Waals surface area (Å²) in [4.78, 5) is 0. The van der Waals surface area contributed by atoms with E-state index >= 15 is 0 Å². The molecule has 0 aromatic heterocycles. The zero-order chi connectivity index (χ0) is 8.39. The average Bonchev–Trinajstić information content (AvgIpc) is 2.77. The van der Waals surface area contributed by atoms with E-state index in [4.69, 9.17) is 0 Å². The molecular weight excluding hydrogens is 342 g/mol. The van der Waals surface area contributed by atoms with Gasteiger partial charge in [0.05, 0.1) is 0 Å². The van der Waals surface area contributed by atoms with Crippen molar-refractivity contribution in [1.29, 1.82) is 0 Å². The molecule has 0 atom stereocenters. The van der Waals surface area contributed by atoms with Gasteiger partial charge in [-0.2, -0.15) is 0 Å². The van der Waals surface area contributed by atoms with Crippen molar-refractivity contribution in [2.45, 2.75) is 12.8 Å². The average molecular weight is 355 g/mol. The molecule has 0 aromatic carbocycles. The Balaban J connectivity index is -0.000000422.